The van der Waals surface area contributed by atoms with Crippen molar-refractivity contribution < 1.29 is 4.79 Å². The summed E-state index contributed by atoms with van der Waals surface area (Å²) in [5, 5.41) is 6.65. The lowest BCUT2D eigenvalue weighted by Gasteiger charge is -2.22. The van der Waals surface area contributed by atoms with Gasteiger partial charge >= 0.3 is 0 Å². The van der Waals surface area contributed by atoms with Crippen LogP contribution in [0.25, 0.3) is 0 Å². The molecule has 0 saturated heterocycles. The van der Waals surface area contributed by atoms with Gasteiger partial charge < -0.3 is 5.32 Å². The third kappa shape index (κ3) is 3.32. The predicted molar refractivity (Wildman–Crippen MR) is 78.9 cm³/mol. The van der Waals surface area contributed by atoms with Crippen LogP contribution in [0.3, 0.4) is 0 Å². The number of aromatic nitrogens is 1. The summed E-state index contributed by atoms with van der Waals surface area (Å²) < 4.78 is 0. The molecule has 1 N–H and O–H groups in total. The summed E-state index contributed by atoms with van der Waals surface area (Å²) >= 11 is 3.16. The molecule has 1 atom stereocenters. The predicted octanol–water partition coefficient (Wildman–Crippen LogP) is 3.28. The molecule has 1 aliphatic rings. The van der Waals surface area contributed by atoms with E-state index in [4.69, 9.17) is 0 Å². The van der Waals surface area contributed by atoms with Crippen molar-refractivity contribution in [1.82, 2.24) is 4.98 Å². The molecule has 0 radical (unpaired) electrons. The van der Waals surface area contributed by atoms with Crippen LogP contribution in [0.4, 0.5) is 5.13 Å². The van der Waals surface area contributed by atoms with Crippen molar-refractivity contribution in [3.8, 4) is 0 Å². The van der Waals surface area contributed by atoms with E-state index in [1.54, 1.807) is 17.1 Å². The fourth-order valence-corrected chi connectivity index (χ4v) is 3.41. The SMILES string of the molecule is CC(=O)c1csc(NC2=NC(C(C)C)CCS2)n1. The number of carbonyl (C=O) groups excluding carboxylic acids is 1. The van der Waals surface area contributed by atoms with Gasteiger partial charge in [-0.3, -0.25) is 9.79 Å². The molecule has 6 heteroatoms. The first-order valence-corrected chi connectivity index (χ1v) is 7.87. The maximum Gasteiger partial charge on any atom is 0.189 e. The molecule has 98 valence electrons. The molecule has 0 amide bonds. The van der Waals surface area contributed by atoms with Crippen LogP contribution in [-0.4, -0.2) is 27.7 Å². The van der Waals surface area contributed by atoms with Crippen molar-refractivity contribution in [1.29, 1.82) is 0 Å². The molecule has 0 saturated carbocycles. The summed E-state index contributed by atoms with van der Waals surface area (Å²) in [5.74, 6) is 1.64. The minimum atomic E-state index is -0.00223. The molecule has 0 fully saturated rings. The number of Topliss-reactive ketones (excluding diaryl/α,β-unsaturated/α-hetero) is 1. The molecule has 1 aromatic rings. The van der Waals surface area contributed by atoms with Crippen molar-refractivity contribution in [3.63, 3.8) is 0 Å². The van der Waals surface area contributed by atoms with Gasteiger partial charge in [0.15, 0.2) is 16.1 Å². The third-order valence-electron chi connectivity index (χ3n) is 2.78. The van der Waals surface area contributed by atoms with Gasteiger partial charge in [0, 0.05) is 18.1 Å². The van der Waals surface area contributed by atoms with Crippen molar-refractivity contribution in [2.75, 3.05) is 11.1 Å². The number of aliphatic imine (C=N–C) groups is 1. The summed E-state index contributed by atoms with van der Waals surface area (Å²) in [6.45, 7) is 5.92. The quantitative estimate of drug-likeness (QED) is 0.865. The van der Waals surface area contributed by atoms with E-state index in [1.165, 1.54) is 18.3 Å². The van der Waals surface area contributed by atoms with Gasteiger partial charge in [0.05, 0.1) is 6.04 Å². The monoisotopic (exact) mass is 283 g/mol. The van der Waals surface area contributed by atoms with Gasteiger partial charge in [0.2, 0.25) is 0 Å². The second-order valence-electron chi connectivity index (χ2n) is 4.60. The number of rotatable bonds is 3. The Labute approximate surface area is 115 Å². The molecule has 0 spiro atoms. The first-order chi connectivity index (χ1) is 8.56. The van der Waals surface area contributed by atoms with Gasteiger partial charge in [0.25, 0.3) is 0 Å². The Morgan fingerprint density at radius 1 is 1.56 bits per heavy atom. The molecule has 4 nitrogen and oxygen atoms in total. The second kappa shape index (κ2) is 5.84. The van der Waals surface area contributed by atoms with E-state index >= 15 is 0 Å². The van der Waals surface area contributed by atoms with E-state index in [-0.39, 0.29) is 5.78 Å². The Kier molecular flexibility index (Phi) is 4.40. The van der Waals surface area contributed by atoms with Gasteiger partial charge in [0.1, 0.15) is 5.69 Å². The maximum atomic E-state index is 11.2. The van der Waals surface area contributed by atoms with Gasteiger partial charge in [-0.2, -0.15) is 0 Å². The van der Waals surface area contributed by atoms with E-state index < -0.39 is 0 Å². The van der Waals surface area contributed by atoms with Gasteiger partial charge in [-0.25, -0.2) is 4.98 Å². The molecule has 1 aromatic heterocycles. The summed E-state index contributed by atoms with van der Waals surface area (Å²) in [6, 6.07) is 0.390. The number of anilines is 1. The minimum absolute atomic E-state index is 0.00223. The molecule has 0 aromatic carbocycles. The first-order valence-electron chi connectivity index (χ1n) is 6.00. The molecule has 0 aliphatic carbocycles. The van der Waals surface area contributed by atoms with Gasteiger partial charge in [-0.05, 0) is 12.3 Å². The number of hydrogen-bond acceptors (Lipinski definition) is 6. The Morgan fingerprint density at radius 2 is 2.33 bits per heavy atom. The lowest BCUT2D eigenvalue weighted by molar-refractivity contribution is 0.101. The number of carbonyl (C=O) groups is 1. The molecular formula is C12H17N3OS2. The van der Waals surface area contributed by atoms with Crippen LogP contribution in [0.5, 0.6) is 0 Å². The number of thiazole rings is 1. The highest BCUT2D eigenvalue weighted by molar-refractivity contribution is 8.14. The number of hydrogen-bond donors (Lipinski definition) is 1. The third-order valence-corrected chi connectivity index (χ3v) is 4.46. The lowest BCUT2D eigenvalue weighted by atomic mass is 10.0. The number of amidine groups is 1. The summed E-state index contributed by atoms with van der Waals surface area (Å²) in [7, 11) is 0. The first kappa shape index (κ1) is 13.5. The molecule has 2 heterocycles. The van der Waals surface area contributed by atoms with Crippen molar-refractivity contribution >= 4 is 39.2 Å². The second-order valence-corrected chi connectivity index (χ2v) is 6.54. The number of nitrogens with zero attached hydrogens (tertiary/aromatic N) is 2. The van der Waals surface area contributed by atoms with Crippen molar-refractivity contribution in [3.05, 3.63) is 11.1 Å². The Morgan fingerprint density at radius 3 is 2.94 bits per heavy atom. The summed E-state index contributed by atoms with van der Waals surface area (Å²) in [6.07, 6.45) is 1.13. The van der Waals surface area contributed by atoms with E-state index in [9.17, 15) is 4.79 Å². The molecular weight excluding hydrogens is 266 g/mol. The van der Waals surface area contributed by atoms with Crippen LogP contribution in [0, 0.1) is 5.92 Å². The normalized spacial score (nSPS) is 19.8. The standard InChI is InChI=1S/C12H17N3OS2/c1-7(2)9-4-5-17-11(13-9)15-12-14-10(6-18-12)8(3)16/h6-7,9H,4-5H2,1-3H3,(H,13,14,15). The van der Waals surface area contributed by atoms with Crippen LogP contribution in [-0.2, 0) is 0 Å². The van der Waals surface area contributed by atoms with Crippen LogP contribution in [0.15, 0.2) is 10.4 Å². The van der Waals surface area contributed by atoms with E-state index in [0.717, 1.165) is 22.5 Å². The summed E-state index contributed by atoms with van der Waals surface area (Å²) in [5.41, 5.74) is 0.518. The maximum absolute atomic E-state index is 11.2. The fourth-order valence-electron chi connectivity index (χ4n) is 1.66. The largest absolute Gasteiger partial charge is 0.311 e. The van der Waals surface area contributed by atoms with Gasteiger partial charge in [-0.1, -0.05) is 25.6 Å². The fraction of sp³-hybridized carbons (Fsp3) is 0.583. The topological polar surface area (TPSA) is 54.4 Å². The Balaban J connectivity index is 2.06. The average molecular weight is 283 g/mol. The zero-order valence-corrected chi connectivity index (χ0v) is 12.4. The highest BCUT2D eigenvalue weighted by atomic mass is 32.2. The van der Waals surface area contributed by atoms with Crippen LogP contribution in [0.1, 0.15) is 37.7 Å². The van der Waals surface area contributed by atoms with Crippen LogP contribution in [0.2, 0.25) is 0 Å². The van der Waals surface area contributed by atoms with Crippen LogP contribution >= 0.6 is 23.1 Å². The summed E-state index contributed by atoms with van der Waals surface area (Å²) in [4.78, 5) is 20.1. The zero-order valence-electron chi connectivity index (χ0n) is 10.8. The van der Waals surface area contributed by atoms with Crippen LogP contribution < -0.4 is 5.32 Å². The van der Waals surface area contributed by atoms with E-state index in [0.29, 0.717) is 17.7 Å². The van der Waals surface area contributed by atoms with Crippen molar-refractivity contribution in [2.24, 2.45) is 10.9 Å². The smallest absolute Gasteiger partial charge is 0.189 e. The Hall–Kier alpha value is -0.880. The molecule has 2 rings (SSSR count). The average Bonchev–Trinajstić information content (AvgIpc) is 2.78. The van der Waals surface area contributed by atoms with Gasteiger partial charge in [-0.15, -0.1) is 11.3 Å². The Bertz CT molecular complexity index is 468. The highest BCUT2D eigenvalue weighted by Gasteiger charge is 2.19. The van der Waals surface area contributed by atoms with E-state index in [2.05, 4.69) is 29.1 Å². The molecule has 1 unspecified atom stereocenters. The van der Waals surface area contributed by atoms with E-state index in [1.807, 2.05) is 0 Å². The zero-order chi connectivity index (χ0) is 13.1. The highest BCUT2D eigenvalue weighted by Crippen LogP contribution is 2.25. The number of thioether (sulfide) groups is 1. The minimum Gasteiger partial charge on any atom is -0.311 e. The molecule has 0 bridgehead atoms. The number of ketones is 1. The molecule has 18 heavy (non-hydrogen) atoms. The lowest BCUT2D eigenvalue weighted by Crippen LogP contribution is -2.23. The molecule has 1 aliphatic heterocycles. The number of nitrogens with one attached hydrogen (secondary N) is 1. The van der Waals surface area contributed by atoms with Crippen molar-refractivity contribution in [2.45, 2.75) is 33.2 Å².